The van der Waals surface area contributed by atoms with Gasteiger partial charge in [-0.3, -0.25) is 0 Å². The van der Waals surface area contributed by atoms with Crippen LogP contribution in [0.4, 0.5) is 11.4 Å². The van der Waals surface area contributed by atoms with E-state index in [0.717, 1.165) is 11.4 Å². The maximum atomic E-state index is 12.4. The van der Waals surface area contributed by atoms with E-state index in [1.165, 1.54) is 4.31 Å². The molecule has 1 saturated heterocycles. The Labute approximate surface area is 127 Å². The summed E-state index contributed by atoms with van der Waals surface area (Å²) in [6, 6.07) is 7.64. The van der Waals surface area contributed by atoms with Gasteiger partial charge in [0.15, 0.2) is 0 Å². The third kappa shape index (κ3) is 3.30. The Hall–Kier alpha value is -1.31. The Bertz CT molecular complexity index is 580. The lowest BCUT2D eigenvalue weighted by Crippen LogP contribution is -2.53. The van der Waals surface area contributed by atoms with Crippen molar-refractivity contribution in [2.24, 2.45) is 0 Å². The van der Waals surface area contributed by atoms with Gasteiger partial charge in [0.05, 0.1) is 11.4 Å². The van der Waals surface area contributed by atoms with Crippen LogP contribution in [0.5, 0.6) is 0 Å². The van der Waals surface area contributed by atoms with Gasteiger partial charge >= 0.3 is 0 Å². The molecule has 6 nitrogen and oxygen atoms in total. The molecule has 1 heterocycles. The van der Waals surface area contributed by atoms with Gasteiger partial charge in [-0.15, -0.1) is 0 Å². The fraction of sp³-hybridized carbons (Fsp3) is 0.571. The Morgan fingerprint density at radius 3 is 2.24 bits per heavy atom. The van der Waals surface area contributed by atoms with Crippen LogP contribution in [-0.2, 0) is 10.2 Å². The number of rotatable bonds is 4. The molecular formula is C14H24N4O2S. The summed E-state index contributed by atoms with van der Waals surface area (Å²) in [6.45, 7) is 6.01. The fourth-order valence-corrected chi connectivity index (χ4v) is 3.91. The Balaban J connectivity index is 2.06. The van der Waals surface area contributed by atoms with Crippen LogP contribution in [0.15, 0.2) is 24.3 Å². The smallest absolute Gasteiger partial charge is 0.282 e. The Kier molecular flexibility index (Phi) is 4.75. The molecule has 1 aromatic carbocycles. The quantitative estimate of drug-likeness (QED) is 0.841. The zero-order chi connectivity index (χ0) is 15.6. The van der Waals surface area contributed by atoms with E-state index in [0.29, 0.717) is 26.2 Å². The van der Waals surface area contributed by atoms with Crippen LogP contribution in [0.2, 0.25) is 0 Å². The van der Waals surface area contributed by atoms with Crippen molar-refractivity contribution in [3.63, 3.8) is 0 Å². The summed E-state index contributed by atoms with van der Waals surface area (Å²) >= 11 is 0. The monoisotopic (exact) mass is 312 g/mol. The van der Waals surface area contributed by atoms with Crippen molar-refractivity contribution < 1.29 is 8.42 Å². The van der Waals surface area contributed by atoms with Gasteiger partial charge in [0.1, 0.15) is 0 Å². The van der Waals surface area contributed by atoms with E-state index in [-0.39, 0.29) is 6.04 Å². The number of hydrogen-bond donors (Lipinski definition) is 1. The number of nitrogens with two attached hydrogens (primary N) is 1. The number of piperazine rings is 1. The minimum Gasteiger partial charge on any atom is -0.397 e. The Morgan fingerprint density at radius 1 is 1.14 bits per heavy atom. The minimum absolute atomic E-state index is 0.0437. The summed E-state index contributed by atoms with van der Waals surface area (Å²) in [7, 11) is -1.74. The molecule has 1 aliphatic heterocycles. The predicted octanol–water partition coefficient (Wildman–Crippen LogP) is 0.976. The molecule has 0 spiro atoms. The summed E-state index contributed by atoms with van der Waals surface area (Å²) in [6.07, 6.45) is 0. The molecule has 2 rings (SSSR count). The van der Waals surface area contributed by atoms with Crippen LogP contribution < -0.4 is 10.6 Å². The lowest BCUT2D eigenvalue weighted by Gasteiger charge is -2.38. The second-order valence-electron chi connectivity index (χ2n) is 5.56. The molecule has 0 unspecified atom stereocenters. The standard InChI is InChI=1S/C14H24N4O2S/c1-12(2)16(3)21(19,20)18-10-8-17(9-11-18)14-7-5-4-6-13(14)15/h4-7,12H,8-11,15H2,1-3H3. The first kappa shape index (κ1) is 16.1. The number of benzene rings is 1. The first-order valence-corrected chi connectivity index (χ1v) is 8.56. The van der Waals surface area contributed by atoms with Crippen LogP contribution in [0, 0.1) is 0 Å². The van der Waals surface area contributed by atoms with Gasteiger partial charge in [0, 0.05) is 39.3 Å². The molecule has 0 aromatic heterocycles. The summed E-state index contributed by atoms with van der Waals surface area (Å²) in [5.74, 6) is 0. The molecular weight excluding hydrogens is 288 g/mol. The highest BCUT2D eigenvalue weighted by Gasteiger charge is 2.31. The van der Waals surface area contributed by atoms with Crippen molar-refractivity contribution in [1.29, 1.82) is 0 Å². The normalized spacial score (nSPS) is 17.7. The molecule has 2 N–H and O–H groups in total. The zero-order valence-corrected chi connectivity index (χ0v) is 13.7. The van der Waals surface area contributed by atoms with Crippen molar-refractivity contribution >= 4 is 21.6 Å². The van der Waals surface area contributed by atoms with Crippen LogP contribution >= 0.6 is 0 Å². The van der Waals surface area contributed by atoms with Crippen molar-refractivity contribution in [2.75, 3.05) is 43.9 Å². The van der Waals surface area contributed by atoms with Gasteiger partial charge in [0.25, 0.3) is 10.2 Å². The topological polar surface area (TPSA) is 69.9 Å². The van der Waals surface area contributed by atoms with Crippen LogP contribution in [-0.4, -0.2) is 56.3 Å². The van der Waals surface area contributed by atoms with Gasteiger partial charge in [-0.05, 0) is 26.0 Å². The van der Waals surface area contributed by atoms with E-state index in [1.807, 2.05) is 38.1 Å². The van der Waals surface area contributed by atoms with E-state index in [1.54, 1.807) is 11.4 Å². The van der Waals surface area contributed by atoms with Crippen molar-refractivity contribution in [2.45, 2.75) is 19.9 Å². The largest absolute Gasteiger partial charge is 0.397 e. The second-order valence-corrected chi connectivity index (χ2v) is 7.55. The molecule has 0 radical (unpaired) electrons. The second kappa shape index (κ2) is 6.21. The molecule has 0 aliphatic carbocycles. The van der Waals surface area contributed by atoms with Crippen molar-refractivity contribution in [3.8, 4) is 0 Å². The van der Waals surface area contributed by atoms with E-state index >= 15 is 0 Å². The van der Waals surface area contributed by atoms with Gasteiger partial charge in [-0.1, -0.05) is 12.1 Å². The molecule has 1 aromatic rings. The molecule has 1 aliphatic rings. The van der Waals surface area contributed by atoms with Gasteiger partial charge in [-0.25, -0.2) is 0 Å². The van der Waals surface area contributed by atoms with E-state index in [9.17, 15) is 8.42 Å². The maximum absolute atomic E-state index is 12.4. The van der Waals surface area contributed by atoms with Gasteiger partial charge in [-0.2, -0.15) is 17.0 Å². The number of nitrogen functional groups attached to an aromatic ring is 1. The molecule has 1 fully saturated rings. The summed E-state index contributed by atoms with van der Waals surface area (Å²) in [5.41, 5.74) is 7.69. The predicted molar refractivity (Wildman–Crippen MR) is 86.5 cm³/mol. The number of nitrogens with zero attached hydrogens (tertiary/aromatic N) is 3. The van der Waals surface area contributed by atoms with Crippen molar-refractivity contribution in [3.05, 3.63) is 24.3 Å². The van der Waals surface area contributed by atoms with Crippen LogP contribution in [0.3, 0.4) is 0 Å². The van der Waals surface area contributed by atoms with Crippen LogP contribution in [0.25, 0.3) is 0 Å². The zero-order valence-electron chi connectivity index (χ0n) is 12.9. The van der Waals surface area contributed by atoms with E-state index in [4.69, 9.17) is 5.73 Å². The number of para-hydroxylation sites is 2. The highest BCUT2D eigenvalue weighted by atomic mass is 32.2. The maximum Gasteiger partial charge on any atom is 0.282 e. The number of hydrogen-bond acceptors (Lipinski definition) is 4. The summed E-state index contributed by atoms with van der Waals surface area (Å²) in [4.78, 5) is 2.14. The fourth-order valence-electron chi connectivity index (χ4n) is 2.38. The first-order valence-electron chi connectivity index (χ1n) is 7.16. The molecule has 0 bridgehead atoms. The van der Waals surface area contributed by atoms with Gasteiger partial charge in [0.2, 0.25) is 0 Å². The van der Waals surface area contributed by atoms with Gasteiger partial charge < -0.3 is 10.6 Å². The molecule has 0 saturated carbocycles. The highest BCUT2D eigenvalue weighted by Crippen LogP contribution is 2.24. The lowest BCUT2D eigenvalue weighted by atomic mass is 10.2. The first-order chi connectivity index (χ1) is 9.84. The van der Waals surface area contributed by atoms with E-state index in [2.05, 4.69) is 4.90 Å². The number of anilines is 2. The molecule has 0 atom stereocenters. The third-order valence-corrected chi connectivity index (χ3v) is 6.10. The molecule has 0 amide bonds. The third-order valence-electron chi connectivity index (χ3n) is 3.93. The molecule has 21 heavy (non-hydrogen) atoms. The minimum atomic E-state index is -3.37. The van der Waals surface area contributed by atoms with Crippen molar-refractivity contribution in [1.82, 2.24) is 8.61 Å². The molecule has 118 valence electrons. The summed E-state index contributed by atoms with van der Waals surface area (Å²) < 4.78 is 27.9. The van der Waals surface area contributed by atoms with E-state index < -0.39 is 10.2 Å². The Morgan fingerprint density at radius 2 is 1.71 bits per heavy atom. The average Bonchev–Trinajstić information content (AvgIpc) is 2.47. The SMILES string of the molecule is CC(C)N(C)S(=O)(=O)N1CCN(c2ccccc2N)CC1. The lowest BCUT2D eigenvalue weighted by molar-refractivity contribution is 0.323. The highest BCUT2D eigenvalue weighted by molar-refractivity contribution is 7.86. The average molecular weight is 312 g/mol. The molecule has 7 heteroatoms. The summed E-state index contributed by atoms with van der Waals surface area (Å²) in [5, 5.41) is 0. The van der Waals surface area contributed by atoms with Crippen LogP contribution in [0.1, 0.15) is 13.8 Å².